The van der Waals surface area contributed by atoms with Gasteiger partial charge in [0.15, 0.2) is 0 Å². The summed E-state index contributed by atoms with van der Waals surface area (Å²) in [4.78, 5) is 11.3. The number of rotatable bonds is 11. The highest BCUT2D eigenvalue weighted by molar-refractivity contribution is 5.69. The third kappa shape index (κ3) is 9.11. The van der Waals surface area contributed by atoms with Gasteiger partial charge in [0.1, 0.15) is 11.6 Å². The average Bonchev–Trinajstić information content (AvgIpc) is 2.53. The van der Waals surface area contributed by atoms with Gasteiger partial charge in [-0.3, -0.25) is 4.79 Å². The number of halogens is 2. The van der Waals surface area contributed by atoms with E-state index in [1.165, 1.54) is 12.1 Å². The third-order valence-corrected chi connectivity index (χ3v) is 3.47. The molecule has 0 heterocycles. The van der Waals surface area contributed by atoms with E-state index < -0.39 is 11.6 Å². The summed E-state index contributed by atoms with van der Waals surface area (Å²) >= 11 is 0. The fourth-order valence-electron chi connectivity index (χ4n) is 2.19. The van der Waals surface area contributed by atoms with Crippen molar-refractivity contribution in [2.75, 3.05) is 6.61 Å². The van der Waals surface area contributed by atoms with E-state index in [2.05, 4.69) is 12.2 Å². The van der Waals surface area contributed by atoms with Gasteiger partial charge >= 0.3 is 5.97 Å². The minimum Gasteiger partial charge on any atom is -0.466 e. The number of aryl methyl sites for hydroxylation is 1. The van der Waals surface area contributed by atoms with Crippen LogP contribution in [0.25, 0.3) is 0 Å². The van der Waals surface area contributed by atoms with Crippen molar-refractivity contribution in [3.63, 3.8) is 0 Å². The van der Waals surface area contributed by atoms with E-state index in [4.69, 9.17) is 4.74 Å². The molecule has 1 aromatic carbocycles. The van der Waals surface area contributed by atoms with Crippen LogP contribution in [0.3, 0.4) is 0 Å². The third-order valence-electron chi connectivity index (χ3n) is 3.47. The molecule has 0 amide bonds. The Balaban J connectivity index is 2.03. The van der Waals surface area contributed by atoms with Gasteiger partial charge in [-0.2, -0.15) is 0 Å². The first kappa shape index (κ1) is 19.3. The normalized spacial score (nSPS) is 11.1. The summed E-state index contributed by atoms with van der Waals surface area (Å²) in [7, 11) is 0. The number of hydrogen-bond acceptors (Lipinski definition) is 2. The zero-order valence-electron chi connectivity index (χ0n) is 13.8. The Hall–Kier alpha value is -1.71. The van der Waals surface area contributed by atoms with Gasteiger partial charge in [0, 0.05) is 12.5 Å². The standard InChI is InChI=1S/C19H26F2O2/c1-2-14-23-19(22)11-9-7-5-3-4-6-8-10-16-12-13-17(20)15-18(16)21/h3-4,12-13,15H,2,5-11,14H2,1H3/b4-3+. The van der Waals surface area contributed by atoms with E-state index in [1.54, 1.807) is 0 Å². The summed E-state index contributed by atoms with van der Waals surface area (Å²) in [5, 5.41) is 0. The van der Waals surface area contributed by atoms with Gasteiger partial charge in [-0.25, -0.2) is 8.78 Å². The van der Waals surface area contributed by atoms with Crippen molar-refractivity contribution < 1.29 is 18.3 Å². The first-order valence-corrected chi connectivity index (χ1v) is 8.38. The largest absolute Gasteiger partial charge is 0.466 e. The second-order valence-corrected chi connectivity index (χ2v) is 5.57. The SMILES string of the molecule is CCCOC(=O)CCCC/C=C/CCCc1ccc(F)cc1F. The van der Waals surface area contributed by atoms with Crippen LogP contribution < -0.4 is 0 Å². The molecule has 1 rings (SSSR count). The maximum Gasteiger partial charge on any atom is 0.305 e. The zero-order chi connectivity index (χ0) is 16.9. The average molecular weight is 324 g/mol. The molecule has 0 spiro atoms. The molecule has 0 aromatic heterocycles. The van der Waals surface area contributed by atoms with E-state index >= 15 is 0 Å². The number of allylic oxidation sites excluding steroid dienone is 2. The van der Waals surface area contributed by atoms with Gasteiger partial charge in [-0.15, -0.1) is 0 Å². The van der Waals surface area contributed by atoms with E-state index in [0.717, 1.165) is 44.6 Å². The van der Waals surface area contributed by atoms with Crippen LogP contribution in [0.2, 0.25) is 0 Å². The Labute approximate surface area is 137 Å². The first-order chi connectivity index (χ1) is 11.1. The lowest BCUT2D eigenvalue weighted by Gasteiger charge is -2.02. The van der Waals surface area contributed by atoms with Crippen LogP contribution >= 0.6 is 0 Å². The molecule has 0 saturated heterocycles. The topological polar surface area (TPSA) is 26.3 Å². The Morgan fingerprint density at radius 2 is 1.87 bits per heavy atom. The minimum absolute atomic E-state index is 0.114. The summed E-state index contributed by atoms with van der Waals surface area (Å²) in [5.41, 5.74) is 0.561. The maximum atomic E-state index is 13.4. The monoisotopic (exact) mass is 324 g/mol. The van der Waals surface area contributed by atoms with Crippen molar-refractivity contribution in [1.82, 2.24) is 0 Å². The second kappa shape index (κ2) is 11.8. The summed E-state index contributed by atoms with van der Waals surface area (Å²) in [5.74, 6) is -1.12. The number of benzene rings is 1. The Morgan fingerprint density at radius 3 is 2.57 bits per heavy atom. The molecule has 0 aliphatic carbocycles. The summed E-state index contributed by atoms with van der Waals surface area (Å²) < 4.78 is 31.2. The van der Waals surface area contributed by atoms with Gasteiger partial charge in [0.2, 0.25) is 0 Å². The molecule has 0 unspecified atom stereocenters. The van der Waals surface area contributed by atoms with Crippen molar-refractivity contribution in [3.8, 4) is 0 Å². The summed E-state index contributed by atoms with van der Waals surface area (Å²) in [6.07, 6.45) is 10.6. The van der Waals surface area contributed by atoms with Crippen molar-refractivity contribution >= 4 is 5.97 Å². The van der Waals surface area contributed by atoms with Gasteiger partial charge in [-0.1, -0.05) is 25.1 Å². The first-order valence-electron chi connectivity index (χ1n) is 8.38. The molecule has 0 bridgehead atoms. The highest BCUT2D eigenvalue weighted by Crippen LogP contribution is 2.12. The van der Waals surface area contributed by atoms with Crippen molar-refractivity contribution in [1.29, 1.82) is 0 Å². The summed E-state index contributed by atoms with van der Waals surface area (Å²) in [6, 6.07) is 3.72. The predicted molar refractivity (Wildman–Crippen MR) is 88.2 cm³/mol. The number of unbranched alkanes of at least 4 members (excludes halogenated alkanes) is 3. The van der Waals surface area contributed by atoms with Gasteiger partial charge in [0.25, 0.3) is 0 Å². The van der Waals surface area contributed by atoms with Crippen LogP contribution in [0, 0.1) is 11.6 Å². The minimum atomic E-state index is -0.537. The lowest BCUT2D eigenvalue weighted by atomic mass is 10.1. The maximum absolute atomic E-state index is 13.4. The van der Waals surface area contributed by atoms with Crippen LogP contribution in [0.15, 0.2) is 30.4 Å². The summed E-state index contributed by atoms with van der Waals surface area (Å²) in [6.45, 7) is 2.48. The molecule has 0 atom stereocenters. The van der Waals surface area contributed by atoms with Crippen LogP contribution in [0.1, 0.15) is 57.4 Å². The lowest BCUT2D eigenvalue weighted by Crippen LogP contribution is -2.04. The van der Waals surface area contributed by atoms with Crippen molar-refractivity contribution in [3.05, 3.63) is 47.5 Å². The Kier molecular flexibility index (Phi) is 9.92. The lowest BCUT2D eigenvalue weighted by molar-refractivity contribution is -0.143. The van der Waals surface area contributed by atoms with Crippen LogP contribution in [0.4, 0.5) is 8.78 Å². The van der Waals surface area contributed by atoms with Gasteiger partial charge in [-0.05, 0) is 56.6 Å². The second-order valence-electron chi connectivity index (χ2n) is 5.57. The van der Waals surface area contributed by atoms with Gasteiger partial charge < -0.3 is 4.74 Å². The molecular formula is C19H26F2O2. The molecule has 2 nitrogen and oxygen atoms in total. The van der Waals surface area contributed by atoms with Gasteiger partial charge in [0.05, 0.1) is 6.61 Å². The number of carbonyl (C=O) groups excluding carboxylic acids is 1. The fraction of sp³-hybridized carbons (Fsp3) is 0.526. The van der Waals surface area contributed by atoms with Crippen LogP contribution in [-0.4, -0.2) is 12.6 Å². The molecule has 0 N–H and O–H groups in total. The molecule has 23 heavy (non-hydrogen) atoms. The van der Waals surface area contributed by atoms with Crippen molar-refractivity contribution in [2.24, 2.45) is 0 Å². The highest BCUT2D eigenvalue weighted by atomic mass is 19.1. The zero-order valence-corrected chi connectivity index (χ0v) is 13.8. The number of hydrogen-bond donors (Lipinski definition) is 0. The molecule has 128 valence electrons. The molecule has 1 aromatic rings. The number of esters is 1. The Bertz CT molecular complexity index is 498. The van der Waals surface area contributed by atoms with E-state index in [9.17, 15) is 13.6 Å². The van der Waals surface area contributed by atoms with E-state index in [-0.39, 0.29) is 5.97 Å². The molecule has 0 saturated carbocycles. The van der Waals surface area contributed by atoms with Crippen LogP contribution in [-0.2, 0) is 16.0 Å². The highest BCUT2D eigenvalue weighted by Gasteiger charge is 2.03. The Morgan fingerprint density at radius 1 is 1.13 bits per heavy atom. The predicted octanol–water partition coefficient (Wildman–Crippen LogP) is 5.36. The van der Waals surface area contributed by atoms with Crippen molar-refractivity contribution in [2.45, 2.75) is 58.3 Å². The molecular weight excluding hydrogens is 298 g/mol. The molecule has 0 radical (unpaired) electrons. The number of carbonyl (C=O) groups is 1. The smallest absolute Gasteiger partial charge is 0.305 e. The number of ether oxygens (including phenoxy) is 1. The molecule has 0 aliphatic rings. The van der Waals surface area contributed by atoms with Crippen LogP contribution in [0.5, 0.6) is 0 Å². The molecule has 4 heteroatoms. The molecule has 0 fully saturated rings. The molecule has 0 aliphatic heterocycles. The quantitative estimate of drug-likeness (QED) is 0.311. The van der Waals surface area contributed by atoms with E-state index in [1.807, 2.05) is 6.92 Å². The fourth-order valence-corrected chi connectivity index (χ4v) is 2.19. The van der Waals surface area contributed by atoms with E-state index in [0.29, 0.717) is 25.0 Å².